The molecule has 0 aliphatic heterocycles. The molecule has 0 N–H and O–H groups in total. The Labute approximate surface area is 111 Å². The van der Waals surface area contributed by atoms with E-state index in [-0.39, 0.29) is 6.10 Å². The molecule has 0 atom stereocenters. The number of benzene rings is 1. The Balaban J connectivity index is 2.48. The van der Waals surface area contributed by atoms with E-state index in [9.17, 15) is 9.59 Å². The van der Waals surface area contributed by atoms with Crippen LogP contribution in [-0.2, 0) is 19.6 Å². The number of ether oxygens (including phenoxy) is 1. The van der Waals surface area contributed by atoms with Gasteiger partial charge in [0, 0.05) is 0 Å². The van der Waals surface area contributed by atoms with E-state index in [1.807, 2.05) is 13.0 Å². The van der Waals surface area contributed by atoms with E-state index in [0.29, 0.717) is 5.56 Å². The molecule has 0 fully saturated rings. The Bertz CT molecular complexity index is 466. The van der Waals surface area contributed by atoms with Crippen molar-refractivity contribution in [1.29, 1.82) is 0 Å². The Morgan fingerprint density at radius 2 is 1.79 bits per heavy atom. The number of aryl methyl sites for hydroxylation is 2. The fraction of sp³-hybridized carbons (Fsp3) is 0.385. The summed E-state index contributed by atoms with van der Waals surface area (Å²) >= 11 is 0. The normalized spacial score (nSPS) is 10.2. The second kappa shape index (κ2) is 6.75. The minimum absolute atomic E-state index is 0.334. The molecule has 0 aliphatic carbocycles. The van der Waals surface area contributed by atoms with Crippen molar-refractivity contribution in [2.45, 2.75) is 33.8 Å². The van der Waals surface area contributed by atoms with Gasteiger partial charge in [-0.25, -0.2) is 14.5 Å². The van der Waals surface area contributed by atoms with Crippen molar-refractivity contribution in [3.63, 3.8) is 0 Å². The fourth-order valence-corrected chi connectivity index (χ4v) is 1.29. The number of hydrogen-bond donors (Lipinski definition) is 0. The zero-order valence-electron chi connectivity index (χ0n) is 11.3. The van der Waals surface area contributed by atoms with Crippen molar-refractivity contribution >= 4 is 12.1 Å². The quantitative estimate of drug-likeness (QED) is 0.475. The summed E-state index contributed by atoms with van der Waals surface area (Å²) in [7, 11) is 0. The fourth-order valence-electron chi connectivity index (χ4n) is 1.29. The molecule has 0 spiro atoms. The van der Waals surface area contributed by atoms with Crippen LogP contribution in [0.2, 0.25) is 0 Å². The first kappa shape index (κ1) is 15.0. The predicted molar refractivity (Wildman–Crippen MR) is 65.1 cm³/mol. The molecular formula is C13H16O6. The molecule has 1 rings (SSSR count). The summed E-state index contributed by atoms with van der Waals surface area (Å²) in [5.74, 6) is -0.751. The van der Waals surface area contributed by atoms with Gasteiger partial charge in [-0.05, 0) is 39.3 Å². The predicted octanol–water partition coefficient (Wildman–Crippen LogP) is 2.87. The second-order valence-electron chi connectivity index (χ2n) is 4.26. The summed E-state index contributed by atoms with van der Waals surface area (Å²) in [5, 5.41) is 4.08. The van der Waals surface area contributed by atoms with E-state index in [4.69, 9.17) is 0 Å². The first-order chi connectivity index (χ1) is 8.90. The lowest BCUT2D eigenvalue weighted by Gasteiger charge is -2.07. The van der Waals surface area contributed by atoms with Crippen LogP contribution in [0.15, 0.2) is 18.2 Å². The van der Waals surface area contributed by atoms with E-state index >= 15 is 0 Å². The molecule has 6 nitrogen and oxygen atoms in total. The van der Waals surface area contributed by atoms with Crippen LogP contribution in [0.1, 0.15) is 35.3 Å². The van der Waals surface area contributed by atoms with Crippen molar-refractivity contribution < 1.29 is 29.1 Å². The van der Waals surface area contributed by atoms with E-state index < -0.39 is 12.1 Å². The average Bonchev–Trinajstić information content (AvgIpc) is 2.31. The lowest BCUT2D eigenvalue weighted by Crippen LogP contribution is -2.15. The minimum atomic E-state index is -1.08. The Hall–Kier alpha value is -2.08. The van der Waals surface area contributed by atoms with Crippen LogP contribution in [0.4, 0.5) is 4.79 Å². The molecule has 0 radical (unpaired) electrons. The Morgan fingerprint density at radius 3 is 2.42 bits per heavy atom. The highest BCUT2D eigenvalue weighted by Gasteiger charge is 2.15. The molecular weight excluding hydrogens is 252 g/mol. The molecule has 0 aliphatic rings. The molecule has 1 aromatic carbocycles. The summed E-state index contributed by atoms with van der Waals surface area (Å²) < 4.78 is 4.60. The maximum absolute atomic E-state index is 11.6. The third-order valence-corrected chi connectivity index (χ3v) is 2.16. The highest BCUT2D eigenvalue weighted by Crippen LogP contribution is 2.12. The summed E-state index contributed by atoms with van der Waals surface area (Å²) in [6, 6.07) is 5.29. The van der Waals surface area contributed by atoms with E-state index in [2.05, 4.69) is 19.6 Å². The van der Waals surface area contributed by atoms with Gasteiger partial charge < -0.3 is 4.74 Å². The zero-order chi connectivity index (χ0) is 14.4. The van der Waals surface area contributed by atoms with Crippen LogP contribution in [0, 0.1) is 13.8 Å². The number of carbonyl (C=O) groups is 2. The average molecular weight is 268 g/mol. The number of rotatable bonds is 4. The summed E-state index contributed by atoms with van der Waals surface area (Å²) in [5.41, 5.74) is 1.96. The lowest BCUT2D eigenvalue weighted by molar-refractivity contribution is -0.452. The molecule has 0 saturated heterocycles. The Morgan fingerprint density at radius 1 is 1.11 bits per heavy atom. The Kier molecular flexibility index (Phi) is 5.32. The first-order valence-electron chi connectivity index (χ1n) is 5.73. The molecule has 0 aromatic heterocycles. The van der Waals surface area contributed by atoms with Gasteiger partial charge in [-0.3, -0.25) is 4.89 Å². The number of carbonyl (C=O) groups excluding carboxylic acids is 2. The van der Waals surface area contributed by atoms with Crippen LogP contribution < -0.4 is 0 Å². The molecule has 104 valence electrons. The lowest BCUT2D eigenvalue weighted by atomic mass is 10.1. The van der Waals surface area contributed by atoms with Crippen LogP contribution in [0.3, 0.4) is 0 Å². The number of hydrogen-bond acceptors (Lipinski definition) is 6. The van der Waals surface area contributed by atoms with Gasteiger partial charge in [0.25, 0.3) is 0 Å². The van der Waals surface area contributed by atoms with Crippen LogP contribution in [-0.4, -0.2) is 18.2 Å². The summed E-state index contributed by atoms with van der Waals surface area (Å²) in [6.45, 7) is 6.88. The second-order valence-corrected chi connectivity index (χ2v) is 4.26. The van der Waals surface area contributed by atoms with Gasteiger partial charge in [-0.2, -0.15) is 0 Å². The van der Waals surface area contributed by atoms with Gasteiger partial charge >= 0.3 is 12.1 Å². The van der Waals surface area contributed by atoms with Gasteiger partial charge in [0.05, 0.1) is 16.7 Å². The molecule has 0 unspecified atom stereocenters. The van der Waals surface area contributed by atoms with Crippen LogP contribution >= 0.6 is 0 Å². The highest BCUT2D eigenvalue weighted by molar-refractivity contribution is 5.90. The molecule has 6 heteroatoms. The third kappa shape index (κ3) is 4.97. The molecule has 19 heavy (non-hydrogen) atoms. The SMILES string of the molecule is Cc1ccc(C)c(C(=O)OOOC(=O)OC(C)C)c1. The summed E-state index contributed by atoms with van der Waals surface area (Å²) in [6.07, 6.45) is -1.44. The standard InChI is InChI=1S/C13H16O6/c1-8(2)16-13(15)18-19-17-12(14)11-7-9(3)5-6-10(11)4/h5-8H,1-4H3. The topological polar surface area (TPSA) is 71.1 Å². The molecule has 1 aromatic rings. The van der Waals surface area contributed by atoms with E-state index in [1.54, 1.807) is 32.9 Å². The molecule has 0 bridgehead atoms. The zero-order valence-corrected chi connectivity index (χ0v) is 11.3. The largest absolute Gasteiger partial charge is 0.543 e. The maximum Gasteiger partial charge on any atom is 0.543 e. The highest BCUT2D eigenvalue weighted by atomic mass is 17.5. The van der Waals surface area contributed by atoms with Crippen molar-refractivity contribution in [2.75, 3.05) is 0 Å². The van der Waals surface area contributed by atoms with Crippen molar-refractivity contribution in [3.8, 4) is 0 Å². The van der Waals surface area contributed by atoms with E-state index in [1.165, 1.54) is 0 Å². The van der Waals surface area contributed by atoms with Gasteiger partial charge in [0.2, 0.25) is 0 Å². The van der Waals surface area contributed by atoms with E-state index in [0.717, 1.165) is 11.1 Å². The smallest absolute Gasteiger partial charge is 0.430 e. The molecule has 0 amide bonds. The van der Waals surface area contributed by atoms with Gasteiger partial charge in [-0.15, -0.1) is 0 Å². The first-order valence-corrected chi connectivity index (χ1v) is 5.73. The van der Waals surface area contributed by atoms with Crippen LogP contribution in [0.25, 0.3) is 0 Å². The monoisotopic (exact) mass is 268 g/mol. The van der Waals surface area contributed by atoms with Gasteiger partial charge in [0.1, 0.15) is 0 Å². The summed E-state index contributed by atoms with van der Waals surface area (Å²) in [4.78, 5) is 31.0. The van der Waals surface area contributed by atoms with Crippen molar-refractivity contribution in [3.05, 3.63) is 34.9 Å². The van der Waals surface area contributed by atoms with Gasteiger partial charge in [-0.1, -0.05) is 17.7 Å². The molecule has 0 heterocycles. The van der Waals surface area contributed by atoms with Crippen LogP contribution in [0.5, 0.6) is 0 Å². The van der Waals surface area contributed by atoms with Crippen molar-refractivity contribution in [1.82, 2.24) is 0 Å². The minimum Gasteiger partial charge on any atom is -0.430 e. The van der Waals surface area contributed by atoms with Crippen molar-refractivity contribution in [2.24, 2.45) is 0 Å². The maximum atomic E-state index is 11.6. The third-order valence-electron chi connectivity index (χ3n) is 2.16. The van der Waals surface area contributed by atoms with Gasteiger partial charge in [0.15, 0.2) is 0 Å². The molecule has 0 saturated carbocycles.